The molecule has 0 unspecified atom stereocenters. The zero-order valence-electron chi connectivity index (χ0n) is 16.2. The Hall–Kier alpha value is -0.120. The van der Waals surface area contributed by atoms with Crippen LogP contribution in [0, 0.1) is 0 Å². The largest absolute Gasteiger partial charge is 0.394 e. The van der Waals surface area contributed by atoms with Gasteiger partial charge in [-0.25, -0.2) is 0 Å². The molecule has 0 saturated heterocycles. The first-order valence-electron chi connectivity index (χ1n) is 10.7. The molecule has 24 heavy (non-hydrogen) atoms. The molecule has 146 valence electrons. The molecule has 0 aromatic heterocycles. The van der Waals surface area contributed by atoms with Gasteiger partial charge in [-0.15, -0.1) is 0 Å². The van der Waals surface area contributed by atoms with Crippen molar-refractivity contribution in [1.29, 1.82) is 0 Å². The van der Waals surface area contributed by atoms with Crippen LogP contribution in [0.15, 0.2) is 0 Å². The van der Waals surface area contributed by atoms with E-state index in [1.165, 1.54) is 89.9 Å². The molecule has 0 aliphatic rings. The zero-order chi connectivity index (χ0) is 17.9. The van der Waals surface area contributed by atoms with Crippen LogP contribution in [0.4, 0.5) is 0 Å². The number of aliphatic hydroxyl groups excluding tert-OH is 3. The first-order valence-corrected chi connectivity index (χ1v) is 10.7. The van der Waals surface area contributed by atoms with E-state index >= 15 is 0 Å². The summed E-state index contributed by atoms with van der Waals surface area (Å²) in [5, 5.41) is 27.7. The molecule has 0 aromatic carbocycles. The van der Waals surface area contributed by atoms with Crippen LogP contribution in [0.1, 0.15) is 116 Å². The van der Waals surface area contributed by atoms with E-state index in [-0.39, 0.29) is 6.61 Å². The van der Waals surface area contributed by atoms with Gasteiger partial charge < -0.3 is 15.3 Å². The summed E-state index contributed by atoms with van der Waals surface area (Å²) in [5.41, 5.74) is 0. The lowest BCUT2D eigenvalue weighted by molar-refractivity contribution is 0.0380. The van der Waals surface area contributed by atoms with Gasteiger partial charge in [-0.3, -0.25) is 0 Å². The summed E-state index contributed by atoms with van der Waals surface area (Å²) in [4.78, 5) is 0. The molecule has 0 aliphatic heterocycles. The Kier molecular flexibility index (Phi) is 19.1. The lowest BCUT2D eigenvalue weighted by Gasteiger charge is -2.13. The lowest BCUT2D eigenvalue weighted by Crippen LogP contribution is -2.20. The normalized spacial score (nSPS) is 14.0. The molecule has 2 atom stereocenters. The molecule has 0 radical (unpaired) electrons. The molecular formula is C21H44O3. The number of hydrogen-bond donors (Lipinski definition) is 3. The fourth-order valence-electron chi connectivity index (χ4n) is 3.26. The van der Waals surface area contributed by atoms with Crippen LogP contribution >= 0.6 is 0 Å². The van der Waals surface area contributed by atoms with E-state index in [4.69, 9.17) is 5.11 Å². The third-order valence-electron chi connectivity index (χ3n) is 4.90. The predicted molar refractivity (Wildman–Crippen MR) is 103 cm³/mol. The van der Waals surface area contributed by atoms with Crippen molar-refractivity contribution in [3.63, 3.8) is 0 Å². The summed E-state index contributed by atoms with van der Waals surface area (Å²) in [6.07, 6.45) is 20.0. The fraction of sp³-hybridized carbons (Fsp3) is 1.00. The quantitative estimate of drug-likeness (QED) is 0.277. The molecule has 3 heteroatoms. The van der Waals surface area contributed by atoms with E-state index in [0.29, 0.717) is 6.42 Å². The minimum Gasteiger partial charge on any atom is -0.394 e. The van der Waals surface area contributed by atoms with Crippen LogP contribution in [0.3, 0.4) is 0 Å². The van der Waals surface area contributed by atoms with Crippen LogP contribution in [0.2, 0.25) is 0 Å². The van der Waals surface area contributed by atoms with E-state index in [2.05, 4.69) is 6.92 Å². The molecule has 0 rings (SSSR count). The van der Waals surface area contributed by atoms with Gasteiger partial charge in [0.1, 0.15) is 0 Å². The van der Waals surface area contributed by atoms with Gasteiger partial charge in [0.25, 0.3) is 0 Å². The SMILES string of the molecule is CCCCCCCCCCCCCCCCC[C@@H](O)C[C@@H](O)CO. The average molecular weight is 345 g/mol. The maximum Gasteiger partial charge on any atom is 0.0795 e. The third-order valence-corrected chi connectivity index (χ3v) is 4.90. The number of rotatable bonds is 19. The molecule has 0 fully saturated rings. The van der Waals surface area contributed by atoms with E-state index in [0.717, 1.165) is 12.8 Å². The van der Waals surface area contributed by atoms with Crippen molar-refractivity contribution in [2.45, 2.75) is 128 Å². The van der Waals surface area contributed by atoms with Crippen molar-refractivity contribution >= 4 is 0 Å². The van der Waals surface area contributed by atoms with Crippen LogP contribution in [0.25, 0.3) is 0 Å². The highest BCUT2D eigenvalue weighted by Gasteiger charge is 2.10. The number of aliphatic hydroxyl groups is 3. The van der Waals surface area contributed by atoms with Gasteiger partial charge in [0, 0.05) is 6.42 Å². The van der Waals surface area contributed by atoms with Crippen molar-refractivity contribution in [2.75, 3.05) is 6.61 Å². The highest BCUT2D eigenvalue weighted by atomic mass is 16.3. The lowest BCUT2D eigenvalue weighted by atomic mass is 10.0. The Labute approximate surface area is 150 Å². The Balaban J connectivity index is 3.10. The zero-order valence-corrected chi connectivity index (χ0v) is 16.2. The molecule has 0 aromatic rings. The summed E-state index contributed by atoms with van der Waals surface area (Å²) >= 11 is 0. The first-order chi connectivity index (χ1) is 11.7. The predicted octanol–water partition coefficient (Wildman–Crippen LogP) is 5.35. The minimum absolute atomic E-state index is 0.254. The van der Waals surface area contributed by atoms with Gasteiger partial charge >= 0.3 is 0 Å². The molecular weight excluding hydrogens is 300 g/mol. The van der Waals surface area contributed by atoms with Crippen molar-refractivity contribution < 1.29 is 15.3 Å². The van der Waals surface area contributed by atoms with Gasteiger partial charge in [0.15, 0.2) is 0 Å². The summed E-state index contributed by atoms with van der Waals surface area (Å²) in [6, 6.07) is 0. The molecule has 3 nitrogen and oxygen atoms in total. The van der Waals surface area contributed by atoms with Gasteiger partial charge in [0.05, 0.1) is 18.8 Å². The van der Waals surface area contributed by atoms with Crippen LogP contribution < -0.4 is 0 Å². The second-order valence-corrected chi connectivity index (χ2v) is 7.46. The molecule has 0 aliphatic carbocycles. The molecule has 0 spiro atoms. The molecule has 0 saturated carbocycles. The maximum atomic E-state index is 9.68. The Bertz CT molecular complexity index is 233. The van der Waals surface area contributed by atoms with Gasteiger partial charge in [-0.2, -0.15) is 0 Å². The second-order valence-electron chi connectivity index (χ2n) is 7.46. The monoisotopic (exact) mass is 344 g/mol. The summed E-state index contributed by atoms with van der Waals surface area (Å²) in [5.74, 6) is 0. The Morgan fingerprint density at radius 3 is 1.29 bits per heavy atom. The van der Waals surface area contributed by atoms with E-state index < -0.39 is 12.2 Å². The summed E-state index contributed by atoms with van der Waals surface area (Å²) < 4.78 is 0. The Morgan fingerprint density at radius 1 is 0.542 bits per heavy atom. The highest BCUT2D eigenvalue weighted by molar-refractivity contribution is 4.62. The topological polar surface area (TPSA) is 60.7 Å². The van der Waals surface area contributed by atoms with Crippen LogP contribution in [-0.2, 0) is 0 Å². The smallest absolute Gasteiger partial charge is 0.0795 e. The molecule has 3 N–H and O–H groups in total. The van der Waals surface area contributed by atoms with E-state index in [1.54, 1.807) is 0 Å². The van der Waals surface area contributed by atoms with Gasteiger partial charge in [-0.05, 0) is 6.42 Å². The standard InChI is InChI=1S/C21H44O3/c1-2-3-4-5-6-7-8-9-10-11-12-13-14-15-16-17-20(23)18-21(24)19-22/h20-24H,2-19H2,1H3/t20-,21-/m1/s1. The van der Waals surface area contributed by atoms with E-state index in [1.807, 2.05) is 0 Å². The van der Waals surface area contributed by atoms with Gasteiger partial charge in [0.2, 0.25) is 0 Å². The number of unbranched alkanes of at least 4 members (excludes halogenated alkanes) is 14. The summed E-state index contributed by atoms with van der Waals surface area (Å²) in [7, 11) is 0. The van der Waals surface area contributed by atoms with Crippen molar-refractivity contribution in [3.05, 3.63) is 0 Å². The Morgan fingerprint density at radius 2 is 0.917 bits per heavy atom. The van der Waals surface area contributed by atoms with Crippen molar-refractivity contribution in [1.82, 2.24) is 0 Å². The van der Waals surface area contributed by atoms with Crippen molar-refractivity contribution in [2.24, 2.45) is 0 Å². The van der Waals surface area contributed by atoms with Crippen molar-refractivity contribution in [3.8, 4) is 0 Å². The fourth-order valence-corrected chi connectivity index (χ4v) is 3.26. The molecule has 0 heterocycles. The van der Waals surface area contributed by atoms with Gasteiger partial charge in [-0.1, -0.05) is 103 Å². The number of hydrogen-bond acceptors (Lipinski definition) is 3. The van der Waals surface area contributed by atoms with Crippen LogP contribution in [-0.4, -0.2) is 34.1 Å². The molecule has 0 amide bonds. The average Bonchev–Trinajstić information content (AvgIpc) is 2.58. The molecule has 0 bridgehead atoms. The van der Waals surface area contributed by atoms with E-state index in [9.17, 15) is 10.2 Å². The third kappa shape index (κ3) is 18.2. The minimum atomic E-state index is -0.767. The highest BCUT2D eigenvalue weighted by Crippen LogP contribution is 2.14. The summed E-state index contributed by atoms with van der Waals surface area (Å²) in [6.45, 7) is 2.02. The second kappa shape index (κ2) is 19.2. The first kappa shape index (κ1) is 23.9. The maximum absolute atomic E-state index is 9.68. The van der Waals surface area contributed by atoms with Crippen LogP contribution in [0.5, 0.6) is 0 Å².